The van der Waals surface area contributed by atoms with Crippen molar-refractivity contribution in [3.63, 3.8) is 0 Å². The van der Waals surface area contributed by atoms with Crippen LogP contribution in [0.1, 0.15) is 28.6 Å². The molecule has 5 heteroatoms. The molecule has 1 atom stereocenters. The molecular formula is C15H15F3N2. The van der Waals surface area contributed by atoms with Crippen LogP contribution in [0.5, 0.6) is 0 Å². The van der Waals surface area contributed by atoms with Crippen LogP contribution in [-0.2, 0) is 12.6 Å². The van der Waals surface area contributed by atoms with Crippen molar-refractivity contribution in [2.24, 2.45) is 5.73 Å². The van der Waals surface area contributed by atoms with Crippen molar-refractivity contribution in [2.75, 3.05) is 0 Å². The predicted molar refractivity (Wildman–Crippen MR) is 71.1 cm³/mol. The highest BCUT2D eigenvalue weighted by Crippen LogP contribution is 2.29. The number of aromatic nitrogens is 1. The molecule has 106 valence electrons. The lowest BCUT2D eigenvalue weighted by molar-refractivity contribution is -0.137. The first-order valence-corrected chi connectivity index (χ1v) is 6.21. The average molecular weight is 280 g/mol. The van der Waals surface area contributed by atoms with E-state index in [1.165, 1.54) is 12.1 Å². The Kier molecular flexibility index (Phi) is 4.09. The minimum atomic E-state index is -4.31. The smallest absolute Gasteiger partial charge is 0.322 e. The molecule has 0 bridgehead atoms. The fraction of sp³-hybridized carbons (Fsp3) is 0.267. The van der Waals surface area contributed by atoms with Gasteiger partial charge in [0, 0.05) is 5.69 Å². The van der Waals surface area contributed by atoms with Gasteiger partial charge in [-0.2, -0.15) is 13.2 Å². The molecule has 0 radical (unpaired) electrons. The van der Waals surface area contributed by atoms with Crippen LogP contribution in [0.15, 0.2) is 42.5 Å². The predicted octanol–water partition coefficient (Wildman–Crippen LogP) is 3.65. The lowest BCUT2D eigenvalue weighted by Crippen LogP contribution is -2.15. The number of benzene rings is 1. The number of aryl methyl sites for hydroxylation is 1. The van der Waals surface area contributed by atoms with Crippen LogP contribution in [0, 0.1) is 6.92 Å². The summed E-state index contributed by atoms with van der Waals surface area (Å²) in [6.45, 7) is 1.87. The van der Waals surface area contributed by atoms with Gasteiger partial charge in [0.05, 0.1) is 17.3 Å². The molecular weight excluding hydrogens is 265 g/mol. The van der Waals surface area contributed by atoms with E-state index in [4.69, 9.17) is 5.73 Å². The SMILES string of the molecule is Cc1cccc(C(N)Cc2ccc(C(F)(F)F)cc2)n1. The van der Waals surface area contributed by atoms with Gasteiger partial charge >= 0.3 is 6.18 Å². The highest BCUT2D eigenvalue weighted by atomic mass is 19.4. The van der Waals surface area contributed by atoms with Gasteiger partial charge in [0.1, 0.15) is 0 Å². The Labute approximate surface area is 115 Å². The van der Waals surface area contributed by atoms with Crippen LogP contribution in [0.25, 0.3) is 0 Å². The molecule has 1 unspecified atom stereocenters. The van der Waals surface area contributed by atoms with E-state index in [1.807, 2.05) is 25.1 Å². The average Bonchev–Trinajstić information content (AvgIpc) is 2.38. The van der Waals surface area contributed by atoms with Crippen LogP contribution < -0.4 is 5.73 Å². The Hall–Kier alpha value is -1.88. The van der Waals surface area contributed by atoms with Gasteiger partial charge in [-0.15, -0.1) is 0 Å². The number of rotatable bonds is 3. The maximum atomic E-state index is 12.5. The highest BCUT2D eigenvalue weighted by molar-refractivity contribution is 5.26. The standard InChI is InChI=1S/C15H15F3N2/c1-10-3-2-4-14(20-10)13(19)9-11-5-7-12(8-6-11)15(16,17)18/h2-8,13H,9,19H2,1H3. The van der Waals surface area contributed by atoms with Crippen LogP contribution in [0.4, 0.5) is 13.2 Å². The van der Waals surface area contributed by atoms with E-state index in [-0.39, 0.29) is 6.04 Å². The maximum Gasteiger partial charge on any atom is 0.416 e. The van der Waals surface area contributed by atoms with Crippen LogP contribution >= 0.6 is 0 Å². The van der Waals surface area contributed by atoms with Crippen LogP contribution in [-0.4, -0.2) is 4.98 Å². The molecule has 0 saturated heterocycles. The minimum absolute atomic E-state index is 0.327. The number of hydrogen-bond acceptors (Lipinski definition) is 2. The molecule has 0 fully saturated rings. The van der Waals surface area contributed by atoms with Gasteiger partial charge in [-0.1, -0.05) is 18.2 Å². The van der Waals surface area contributed by atoms with Crippen LogP contribution in [0.3, 0.4) is 0 Å². The molecule has 0 saturated carbocycles. The highest BCUT2D eigenvalue weighted by Gasteiger charge is 2.29. The van der Waals surface area contributed by atoms with Crippen molar-refractivity contribution in [1.29, 1.82) is 0 Å². The molecule has 1 heterocycles. The van der Waals surface area contributed by atoms with Crippen molar-refractivity contribution in [2.45, 2.75) is 25.6 Å². The molecule has 2 aromatic rings. The maximum absolute atomic E-state index is 12.5. The third-order valence-corrected chi connectivity index (χ3v) is 3.03. The summed E-state index contributed by atoms with van der Waals surface area (Å²) in [5, 5.41) is 0. The van der Waals surface area contributed by atoms with Crippen LogP contribution in [0.2, 0.25) is 0 Å². The van der Waals surface area contributed by atoms with E-state index >= 15 is 0 Å². The fourth-order valence-electron chi connectivity index (χ4n) is 1.96. The third-order valence-electron chi connectivity index (χ3n) is 3.03. The van der Waals surface area contributed by atoms with Gasteiger partial charge in [0.15, 0.2) is 0 Å². The topological polar surface area (TPSA) is 38.9 Å². The quantitative estimate of drug-likeness (QED) is 0.932. The Bertz CT molecular complexity index is 576. The van der Waals surface area contributed by atoms with Crippen molar-refractivity contribution < 1.29 is 13.2 Å². The summed E-state index contributed by atoms with van der Waals surface area (Å²) in [5.74, 6) is 0. The monoisotopic (exact) mass is 280 g/mol. The first kappa shape index (κ1) is 14.5. The Morgan fingerprint density at radius 1 is 1.10 bits per heavy atom. The number of halogens is 3. The Balaban J connectivity index is 2.10. The van der Waals surface area contributed by atoms with Gasteiger partial charge < -0.3 is 5.73 Å². The fourth-order valence-corrected chi connectivity index (χ4v) is 1.96. The van der Waals surface area contributed by atoms with E-state index in [2.05, 4.69) is 4.98 Å². The molecule has 0 amide bonds. The van der Waals surface area contributed by atoms with Gasteiger partial charge in [-0.3, -0.25) is 4.98 Å². The number of nitrogens with two attached hydrogens (primary N) is 1. The molecule has 0 spiro atoms. The summed E-state index contributed by atoms with van der Waals surface area (Å²) in [4.78, 5) is 4.32. The molecule has 2 nitrogen and oxygen atoms in total. The van der Waals surface area contributed by atoms with Crippen molar-refractivity contribution in [1.82, 2.24) is 4.98 Å². The number of hydrogen-bond donors (Lipinski definition) is 1. The summed E-state index contributed by atoms with van der Waals surface area (Å²) < 4.78 is 37.4. The summed E-state index contributed by atoms with van der Waals surface area (Å²) in [5.41, 5.74) is 7.75. The lowest BCUT2D eigenvalue weighted by atomic mass is 10.0. The zero-order valence-corrected chi connectivity index (χ0v) is 11.0. The molecule has 0 aliphatic carbocycles. The summed E-state index contributed by atoms with van der Waals surface area (Å²) >= 11 is 0. The molecule has 0 aliphatic heterocycles. The zero-order valence-electron chi connectivity index (χ0n) is 11.0. The van der Waals surface area contributed by atoms with Gasteiger partial charge in [-0.05, 0) is 43.2 Å². The zero-order chi connectivity index (χ0) is 14.8. The number of pyridine rings is 1. The van der Waals surface area contributed by atoms with Gasteiger partial charge in [-0.25, -0.2) is 0 Å². The first-order valence-electron chi connectivity index (χ1n) is 6.21. The second kappa shape index (κ2) is 5.63. The number of alkyl halides is 3. The number of nitrogens with zero attached hydrogens (tertiary/aromatic N) is 1. The Morgan fingerprint density at radius 2 is 1.75 bits per heavy atom. The first-order chi connectivity index (χ1) is 9.36. The van der Waals surface area contributed by atoms with E-state index < -0.39 is 11.7 Å². The molecule has 20 heavy (non-hydrogen) atoms. The third kappa shape index (κ3) is 3.57. The summed E-state index contributed by atoms with van der Waals surface area (Å²) in [6.07, 6.45) is -3.85. The summed E-state index contributed by atoms with van der Waals surface area (Å²) in [7, 11) is 0. The van der Waals surface area contributed by atoms with Gasteiger partial charge in [0.25, 0.3) is 0 Å². The van der Waals surface area contributed by atoms with Crippen molar-refractivity contribution in [3.8, 4) is 0 Å². The van der Waals surface area contributed by atoms with E-state index in [1.54, 1.807) is 0 Å². The van der Waals surface area contributed by atoms with E-state index in [0.717, 1.165) is 29.1 Å². The van der Waals surface area contributed by atoms with E-state index in [9.17, 15) is 13.2 Å². The second-order valence-corrected chi connectivity index (χ2v) is 4.71. The molecule has 2 rings (SSSR count). The second-order valence-electron chi connectivity index (χ2n) is 4.71. The lowest BCUT2D eigenvalue weighted by Gasteiger charge is -2.13. The normalized spacial score (nSPS) is 13.2. The minimum Gasteiger partial charge on any atom is -0.322 e. The summed E-state index contributed by atoms with van der Waals surface area (Å²) in [6, 6.07) is 10.3. The molecule has 0 aliphatic rings. The van der Waals surface area contributed by atoms with E-state index in [0.29, 0.717) is 6.42 Å². The Morgan fingerprint density at radius 3 is 2.30 bits per heavy atom. The molecule has 1 aromatic carbocycles. The van der Waals surface area contributed by atoms with Gasteiger partial charge in [0.2, 0.25) is 0 Å². The molecule has 2 N–H and O–H groups in total. The largest absolute Gasteiger partial charge is 0.416 e. The molecule has 1 aromatic heterocycles. The van der Waals surface area contributed by atoms with Crippen molar-refractivity contribution in [3.05, 3.63) is 65.0 Å². The van der Waals surface area contributed by atoms with Crippen molar-refractivity contribution >= 4 is 0 Å².